The Morgan fingerprint density at radius 2 is 1.53 bits per heavy atom. The molecule has 2 aromatic rings. The van der Waals surface area contributed by atoms with Crippen molar-refractivity contribution in [2.24, 2.45) is 5.92 Å². The lowest BCUT2D eigenvalue weighted by Gasteiger charge is -2.31. The zero-order chi connectivity index (χ0) is 22.7. The molecule has 0 spiro atoms. The van der Waals surface area contributed by atoms with Crippen molar-refractivity contribution < 1.29 is 22.8 Å². The predicted molar refractivity (Wildman–Crippen MR) is 115 cm³/mol. The van der Waals surface area contributed by atoms with Gasteiger partial charge in [0.2, 0.25) is 11.8 Å². The van der Waals surface area contributed by atoms with Crippen LogP contribution in [0, 0.1) is 5.92 Å². The summed E-state index contributed by atoms with van der Waals surface area (Å²) in [7, 11) is 0. The number of amides is 2. The Morgan fingerprint density at radius 1 is 0.906 bits per heavy atom. The van der Waals surface area contributed by atoms with E-state index in [1.807, 2.05) is 47.8 Å². The van der Waals surface area contributed by atoms with Gasteiger partial charge in [-0.1, -0.05) is 67.4 Å². The van der Waals surface area contributed by atoms with Gasteiger partial charge in [-0.3, -0.25) is 9.59 Å². The average Bonchev–Trinajstić information content (AvgIpc) is 3.32. The third-order valence-corrected chi connectivity index (χ3v) is 6.60. The molecule has 170 valence electrons. The maximum Gasteiger partial charge on any atom is 0.408 e. The summed E-state index contributed by atoms with van der Waals surface area (Å²) in [5.74, 6) is -2.00. The van der Waals surface area contributed by atoms with Crippen LogP contribution in [0.5, 0.6) is 0 Å². The molecule has 1 saturated heterocycles. The van der Waals surface area contributed by atoms with Gasteiger partial charge in [-0.05, 0) is 48.3 Å². The predicted octanol–water partition coefficient (Wildman–Crippen LogP) is 5.01. The second kappa shape index (κ2) is 9.35. The molecular weight excluding hydrogens is 417 g/mol. The van der Waals surface area contributed by atoms with Crippen LogP contribution in [0.1, 0.15) is 67.2 Å². The maximum atomic E-state index is 12.9. The van der Waals surface area contributed by atoms with E-state index in [4.69, 9.17) is 0 Å². The number of rotatable bonds is 5. The number of carbonyl (C=O) groups excluding carboxylic acids is 2. The zero-order valence-electron chi connectivity index (χ0n) is 17.7. The molecule has 1 aliphatic carbocycles. The van der Waals surface area contributed by atoms with Crippen molar-refractivity contribution in [3.05, 3.63) is 71.3 Å². The van der Waals surface area contributed by atoms with Crippen molar-refractivity contribution in [1.82, 2.24) is 10.6 Å². The monoisotopic (exact) mass is 444 g/mol. The number of hydrogen-bond donors (Lipinski definition) is 2. The summed E-state index contributed by atoms with van der Waals surface area (Å²) in [4.78, 5) is 25.2. The minimum absolute atomic E-state index is 0.135. The van der Waals surface area contributed by atoms with Gasteiger partial charge in [-0.25, -0.2) is 0 Å². The lowest BCUT2D eigenvalue weighted by atomic mass is 9.90. The molecule has 2 fully saturated rings. The van der Waals surface area contributed by atoms with Crippen LogP contribution in [0.15, 0.2) is 54.6 Å². The van der Waals surface area contributed by atoms with E-state index in [0.717, 1.165) is 11.1 Å². The third-order valence-electron chi connectivity index (χ3n) is 6.60. The van der Waals surface area contributed by atoms with Crippen LogP contribution in [0.4, 0.5) is 13.2 Å². The summed E-state index contributed by atoms with van der Waals surface area (Å²) in [6.07, 6.45) is -0.0858. The van der Waals surface area contributed by atoms with Crippen LogP contribution in [-0.2, 0) is 9.59 Å². The van der Waals surface area contributed by atoms with Crippen LogP contribution < -0.4 is 10.6 Å². The Kier molecular flexibility index (Phi) is 6.53. The van der Waals surface area contributed by atoms with Crippen molar-refractivity contribution >= 4 is 11.8 Å². The van der Waals surface area contributed by atoms with Gasteiger partial charge in [0, 0.05) is 0 Å². The van der Waals surface area contributed by atoms with E-state index in [0.29, 0.717) is 5.92 Å². The first-order chi connectivity index (χ1) is 15.3. The summed E-state index contributed by atoms with van der Waals surface area (Å²) in [6, 6.07) is 15.2. The summed E-state index contributed by atoms with van der Waals surface area (Å²) in [6.45, 7) is 0. The van der Waals surface area contributed by atoms with E-state index >= 15 is 0 Å². The van der Waals surface area contributed by atoms with Crippen molar-refractivity contribution in [3.63, 3.8) is 0 Å². The molecule has 0 bridgehead atoms. The molecule has 3 unspecified atom stereocenters. The van der Waals surface area contributed by atoms with E-state index in [9.17, 15) is 22.8 Å². The highest BCUT2D eigenvalue weighted by atomic mass is 19.4. The molecule has 1 saturated carbocycles. The summed E-state index contributed by atoms with van der Waals surface area (Å²) in [5.41, 5.74) is 3.00. The highest BCUT2D eigenvalue weighted by Gasteiger charge is 2.46. The first-order valence-electron chi connectivity index (χ1n) is 11.1. The smallest absolute Gasteiger partial charge is 0.344 e. The van der Waals surface area contributed by atoms with Gasteiger partial charge in [0.15, 0.2) is 0 Å². The van der Waals surface area contributed by atoms with Crippen LogP contribution in [-0.4, -0.2) is 24.0 Å². The standard InChI is InChI=1S/C25H27F3N2O2/c26-25(27,28)21-15-14-20(23(31)29-21)24(32)30-22(18-8-2-1-3-9-18)19-12-10-17(11-13-19)16-6-4-5-7-16/h1-3,8-13,16,20-22H,4-7,14-15H2,(H,29,31)(H,30,32). The fourth-order valence-corrected chi connectivity index (χ4v) is 4.77. The molecule has 1 heterocycles. The Labute approximate surface area is 185 Å². The maximum absolute atomic E-state index is 12.9. The van der Waals surface area contributed by atoms with Gasteiger partial charge in [-0.15, -0.1) is 0 Å². The van der Waals surface area contributed by atoms with Gasteiger partial charge in [0.05, 0.1) is 6.04 Å². The molecule has 2 aliphatic rings. The number of piperidine rings is 1. The fourth-order valence-electron chi connectivity index (χ4n) is 4.77. The van der Waals surface area contributed by atoms with E-state index in [2.05, 4.69) is 17.4 Å². The number of hydrogen-bond acceptors (Lipinski definition) is 2. The fraction of sp³-hybridized carbons (Fsp3) is 0.440. The van der Waals surface area contributed by atoms with Crippen molar-refractivity contribution in [1.29, 1.82) is 0 Å². The Morgan fingerprint density at radius 3 is 2.12 bits per heavy atom. The molecule has 7 heteroatoms. The number of halogens is 3. The number of alkyl halides is 3. The summed E-state index contributed by atoms with van der Waals surface area (Å²) < 4.78 is 38.8. The van der Waals surface area contributed by atoms with Gasteiger partial charge in [0.25, 0.3) is 0 Å². The van der Waals surface area contributed by atoms with Crippen LogP contribution in [0.25, 0.3) is 0 Å². The van der Waals surface area contributed by atoms with E-state index in [1.54, 1.807) is 0 Å². The quantitative estimate of drug-likeness (QED) is 0.637. The molecule has 2 amide bonds. The van der Waals surface area contributed by atoms with E-state index in [1.165, 1.54) is 31.2 Å². The van der Waals surface area contributed by atoms with E-state index < -0.39 is 36.0 Å². The van der Waals surface area contributed by atoms with E-state index in [-0.39, 0.29) is 12.8 Å². The molecule has 1 aliphatic heterocycles. The molecule has 4 nitrogen and oxygen atoms in total. The zero-order valence-corrected chi connectivity index (χ0v) is 17.7. The third kappa shape index (κ3) is 4.97. The SMILES string of the molecule is O=C(NC(c1ccccc1)c1ccc(C2CCCC2)cc1)C1CCC(C(F)(F)F)NC1=O. The molecule has 2 N–H and O–H groups in total. The molecule has 0 aromatic heterocycles. The molecule has 4 rings (SSSR count). The normalized spacial score (nSPS) is 22.9. The van der Waals surface area contributed by atoms with Gasteiger partial charge >= 0.3 is 6.18 Å². The lowest BCUT2D eigenvalue weighted by Crippen LogP contribution is -2.54. The Bertz CT molecular complexity index is 938. The molecule has 2 aromatic carbocycles. The minimum Gasteiger partial charge on any atom is -0.344 e. The Hall–Kier alpha value is -2.83. The minimum atomic E-state index is -4.51. The van der Waals surface area contributed by atoms with Crippen LogP contribution in [0.2, 0.25) is 0 Å². The van der Waals surface area contributed by atoms with Crippen LogP contribution in [0.3, 0.4) is 0 Å². The lowest BCUT2D eigenvalue weighted by molar-refractivity contribution is -0.171. The first-order valence-corrected chi connectivity index (χ1v) is 11.1. The van der Waals surface area contributed by atoms with Crippen molar-refractivity contribution in [3.8, 4) is 0 Å². The topological polar surface area (TPSA) is 58.2 Å². The average molecular weight is 444 g/mol. The number of carbonyl (C=O) groups is 2. The van der Waals surface area contributed by atoms with Crippen LogP contribution >= 0.6 is 0 Å². The number of nitrogens with one attached hydrogen (secondary N) is 2. The summed E-state index contributed by atoms with van der Waals surface area (Å²) >= 11 is 0. The highest BCUT2D eigenvalue weighted by Crippen LogP contribution is 2.35. The second-order valence-corrected chi connectivity index (χ2v) is 8.73. The second-order valence-electron chi connectivity index (χ2n) is 8.73. The van der Waals surface area contributed by atoms with Gasteiger partial charge in [0.1, 0.15) is 12.0 Å². The Balaban J connectivity index is 1.52. The first kappa shape index (κ1) is 22.4. The molecule has 0 radical (unpaired) electrons. The van der Waals surface area contributed by atoms with Gasteiger partial charge < -0.3 is 10.6 Å². The molecular formula is C25H27F3N2O2. The van der Waals surface area contributed by atoms with Crippen molar-refractivity contribution in [2.75, 3.05) is 0 Å². The van der Waals surface area contributed by atoms with Gasteiger partial charge in [-0.2, -0.15) is 13.2 Å². The molecule has 3 atom stereocenters. The largest absolute Gasteiger partial charge is 0.408 e. The highest BCUT2D eigenvalue weighted by molar-refractivity contribution is 6.01. The number of benzene rings is 2. The molecule has 32 heavy (non-hydrogen) atoms. The van der Waals surface area contributed by atoms with Crippen molar-refractivity contribution in [2.45, 2.75) is 62.7 Å². The summed E-state index contributed by atoms with van der Waals surface area (Å²) in [5, 5.41) is 4.87.